The van der Waals surface area contributed by atoms with Gasteiger partial charge in [0.2, 0.25) is 0 Å². The minimum absolute atomic E-state index is 0.103. The second-order valence-corrected chi connectivity index (χ2v) is 9.60. The zero-order chi connectivity index (χ0) is 26.7. The van der Waals surface area contributed by atoms with Crippen LogP contribution < -0.4 is 29.1 Å². The van der Waals surface area contributed by atoms with Gasteiger partial charge in [0, 0.05) is 11.1 Å². The van der Waals surface area contributed by atoms with Crippen molar-refractivity contribution < 1.29 is 23.7 Å². The molecule has 194 valence electrons. The van der Waals surface area contributed by atoms with Gasteiger partial charge in [0.05, 0.1) is 42.7 Å². The molecule has 1 aliphatic rings. The fourth-order valence-corrected chi connectivity index (χ4v) is 5.36. The average Bonchev–Trinajstić information content (AvgIpc) is 3.17. The van der Waals surface area contributed by atoms with Crippen molar-refractivity contribution in [3.63, 3.8) is 0 Å². The van der Waals surface area contributed by atoms with Crippen LogP contribution in [0.15, 0.2) is 63.5 Å². The average molecular weight is 523 g/mol. The molecule has 0 radical (unpaired) electrons. The molecule has 2 aromatic carbocycles. The lowest BCUT2D eigenvalue weighted by Crippen LogP contribution is -2.40. The monoisotopic (exact) mass is 522 g/mol. The first-order valence-corrected chi connectivity index (χ1v) is 12.8. The topological polar surface area (TPSA) is 88.4 Å². The number of aromatic nitrogens is 1. The van der Waals surface area contributed by atoms with Gasteiger partial charge in [-0.3, -0.25) is 9.36 Å². The Balaban J connectivity index is 2.00. The van der Waals surface area contributed by atoms with Crippen molar-refractivity contribution >= 4 is 23.4 Å². The minimum Gasteiger partial charge on any atom is -0.493 e. The molecule has 8 nitrogen and oxygen atoms in total. The number of hydrogen-bond donors (Lipinski definition) is 0. The van der Waals surface area contributed by atoms with Crippen LogP contribution in [0.1, 0.15) is 44.9 Å². The predicted molar refractivity (Wildman–Crippen MR) is 142 cm³/mol. The number of esters is 1. The molecular formula is C28H30N2O6S. The summed E-state index contributed by atoms with van der Waals surface area (Å²) in [6, 6.07) is 12.1. The molecule has 3 aromatic rings. The highest BCUT2D eigenvalue weighted by atomic mass is 32.1. The van der Waals surface area contributed by atoms with Crippen molar-refractivity contribution in [2.45, 2.75) is 39.8 Å². The number of rotatable bonds is 8. The molecule has 0 N–H and O–H groups in total. The van der Waals surface area contributed by atoms with Crippen LogP contribution in [0.4, 0.5) is 0 Å². The Kier molecular flexibility index (Phi) is 7.83. The SMILES string of the molecule is CCOC(=O)C1=C(C)N=c2s/c(=C\c3cccc(OC)c3OC)c(=O)n2[C@H]1c1ccccc1OC(C)C. The van der Waals surface area contributed by atoms with E-state index in [1.165, 1.54) is 11.3 Å². The molecule has 0 saturated carbocycles. The number of para-hydroxylation sites is 2. The van der Waals surface area contributed by atoms with E-state index in [0.717, 1.165) is 0 Å². The molecule has 0 bridgehead atoms. The highest BCUT2D eigenvalue weighted by Crippen LogP contribution is 2.36. The van der Waals surface area contributed by atoms with Gasteiger partial charge >= 0.3 is 5.97 Å². The number of carbonyl (C=O) groups excluding carboxylic acids is 1. The molecule has 1 atom stereocenters. The molecule has 0 amide bonds. The normalized spacial score (nSPS) is 15.3. The molecule has 9 heteroatoms. The highest BCUT2D eigenvalue weighted by Gasteiger charge is 2.35. The lowest BCUT2D eigenvalue weighted by Gasteiger charge is -2.26. The van der Waals surface area contributed by atoms with Gasteiger partial charge in [-0.2, -0.15) is 0 Å². The number of ether oxygens (including phenoxy) is 4. The Hall–Kier alpha value is -3.85. The summed E-state index contributed by atoms with van der Waals surface area (Å²) in [5.74, 6) is 1.15. The van der Waals surface area contributed by atoms with Gasteiger partial charge in [-0.15, -0.1) is 0 Å². The van der Waals surface area contributed by atoms with Crippen molar-refractivity contribution in [2.24, 2.45) is 4.99 Å². The number of fused-ring (bicyclic) bond motifs is 1. The van der Waals surface area contributed by atoms with Crippen molar-refractivity contribution in [3.8, 4) is 17.2 Å². The Labute approximate surface area is 219 Å². The summed E-state index contributed by atoms with van der Waals surface area (Å²) >= 11 is 1.24. The Morgan fingerprint density at radius 1 is 1.11 bits per heavy atom. The second-order valence-electron chi connectivity index (χ2n) is 8.59. The van der Waals surface area contributed by atoms with Gasteiger partial charge in [0.15, 0.2) is 16.3 Å². The van der Waals surface area contributed by atoms with Crippen molar-refractivity contribution in [3.05, 3.63) is 84.5 Å². The maximum atomic E-state index is 13.9. The van der Waals surface area contributed by atoms with E-state index in [0.29, 0.717) is 49.0 Å². The van der Waals surface area contributed by atoms with Crippen LogP contribution in [0.2, 0.25) is 0 Å². The van der Waals surface area contributed by atoms with Gasteiger partial charge in [0.1, 0.15) is 11.8 Å². The quantitative estimate of drug-likeness (QED) is 0.420. The minimum atomic E-state index is -0.764. The largest absolute Gasteiger partial charge is 0.493 e. The number of allylic oxidation sites excluding steroid dienone is 1. The van der Waals surface area contributed by atoms with Crippen LogP contribution in [0.25, 0.3) is 6.08 Å². The first-order valence-electron chi connectivity index (χ1n) is 12.0. The Bertz CT molecular complexity index is 1530. The number of carbonyl (C=O) groups is 1. The second kappa shape index (κ2) is 11.0. The van der Waals surface area contributed by atoms with Gasteiger partial charge in [0.25, 0.3) is 5.56 Å². The molecule has 4 rings (SSSR count). The molecular weight excluding hydrogens is 492 g/mol. The van der Waals surface area contributed by atoms with Crippen LogP contribution in [0.3, 0.4) is 0 Å². The van der Waals surface area contributed by atoms with E-state index >= 15 is 0 Å². The molecule has 1 aromatic heterocycles. The summed E-state index contributed by atoms with van der Waals surface area (Å²) in [5.41, 5.74) is 1.88. The zero-order valence-electron chi connectivity index (χ0n) is 21.7. The van der Waals surface area contributed by atoms with E-state index in [1.54, 1.807) is 44.8 Å². The lowest BCUT2D eigenvalue weighted by molar-refractivity contribution is -0.139. The molecule has 0 aliphatic carbocycles. The van der Waals surface area contributed by atoms with E-state index in [-0.39, 0.29) is 18.3 Å². The molecule has 37 heavy (non-hydrogen) atoms. The van der Waals surface area contributed by atoms with Crippen LogP contribution in [0.5, 0.6) is 17.2 Å². The van der Waals surface area contributed by atoms with Gasteiger partial charge in [-0.05, 0) is 45.9 Å². The van der Waals surface area contributed by atoms with E-state index in [1.807, 2.05) is 50.2 Å². The van der Waals surface area contributed by atoms with E-state index in [4.69, 9.17) is 18.9 Å². The summed E-state index contributed by atoms with van der Waals surface area (Å²) in [6.45, 7) is 7.56. The van der Waals surface area contributed by atoms with Crippen molar-refractivity contribution in [1.29, 1.82) is 0 Å². The van der Waals surface area contributed by atoms with Gasteiger partial charge in [-0.1, -0.05) is 41.7 Å². The van der Waals surface area contributed by atoms with Crippen molar-refractivity contribution in [2.75, 3.05) is 20.8 Å². The number of methoxy groups -OCH3 is 2. The van der Waals surface area contributed by atoms with Crippen LogP contribution in [-0.4, -0.2) is 37.5 Å². The Morgan fingerprint density at radius 2 is 1.84 bits per heavy atom. The highest BCUT2D eigenvalue weighted by molar-refractivity contribution is 7.07. The third kappa shape index (κ3) is 5.04. The van der Waals surface area contributed by atoms with Crippen LogP contribution >= 0.6 is 11.3 Å². The van der Waals surface area contributed by atoms with Crippen LogP contribution in [-0.2, 0) is 9.53 Å². The van der Waals surface area contributed by atoms with E-state index in [2.05, 4.69) is 4.99 Å². The number of thiazole rings is 1. The summed E-state index contributed by atoms with van der Waals surface area (Å²) < 4.78 is 24.4. The fraction of sp³-hybridized carbons (Fsp3) is 0.321. The lowest BCUT2D eigenvalue weighted by atomic mass is 9.95. The van der Waals surface area contributed by atoms with E-state index < -0.39 is 12.0 Å². The smallest absolute Gasteiger partial charge is 0.338 e. The summed E-state index contributed by atoms with van der Waals surface area (Å²) in [4.78, 5) is 32.2. The van der Waals surface area contributed by atoms with E-state index in [9.17, 15) is 9.59 Å². The maximum Gasteiger partial charge on any atom is 0.338 e. The fourth-order valence-electron chi connectivity index (χ4n) is 4.32. The molecule has 0 saturated heterocycles. The van der Waals surface area contributed by atoms with Gasteiger partial charge < -0.3 is 18.9 Å². The molecule has 0 unspecified atom stereocenters. The summed E-state index contributed by atoms with van der Waals surface area (Å²) in [6.07, 6.45) is 1.65. The zero-order valence-corrected chi connectivity index (χ0v) is 22.5. The molecule has 2 heterocycles. The number of nitrogens with zero attached hydrogens (tertiary/aromatic N) is 2. The number of benzene rings is 2. The van der Waals surface area contributed by atoms with Gasteiger partial charge in [-0.25, -0.2) is 9.79 Å². The van der Waals surface area contributed by atoms with Crippen molar-refractivity contribution in [1.82, 2.24) is 4.57 Å². The first kappa shape index (κ1) is 26.2. The molecule has 0 fully saturated rings. The molecule has 1 aliphatic heterocycles. The standard InChI is InChI=1S/C28H30N2O6S/c1-7-35-27(32)23-17(4)29-28-30(24(23)19-12-8-9-13-20(19)36-16(2)3)26(31)22(37-28)15-18-11-10-14-21(33-5)25(18)34-6/h8-16,24H,7H2,1-6H3/b22-15-/t24-/m0/s1. The maximum absolute atomic E-state index is 13.9. The summed E-state index contributed by atoms with van der Waals surface area (Å²) in [7, 11) is 3.11. The summed E-state index contributed by atoms with van der Waals surface area (Å²) in [5, 5.41) is 0. The third-order valence-corrected chi connectivity index (χ3v) is 6.80. The molecule has 0 spiro atoms. The number of hydrogen-bond acceptors (Lipinski definition) is 8. The third-order valence-electron chi connectivity index (χ3n) is 5.81. The Morgan fingerprint density at radius 3 is 2.51 bits per heavy atom. The predicted octanol–water partition coefficient (Wildman–Crippen LogP) is 3.60. The first-order chi connectivity index (χ1) is 17.8. The van der Waals surface area contributed by atoms with Crippen LogP contribution in [0, 0.1) is 0 Å².